The maximum Gasteiger partial charge on any atom is 0.305 e. The molecule has 0 aromatic heterocycles. The Morgan fingerprint density at radius 2 is 2.24 bits per heavy atom. The molecule has 2 aliphatic rings. The van der Waals surface area contributed by atoms with E-state index in [1.165, 1.54) is 0 Å². The maximum absolute atomic E-state index is 12.1. The van der Waals surface area contributed by atoms with E-state index in [-0.39, 0.29) is 23.8 Å². The lowest BCUT2D eigenvalue weighted by atomic mass is 9.88. The molecule has 5 nitrogen and oxygen atoms in total. The van der Waals surface area contributed by atoms with Crippen LogP contribution in [-0.2, 0) is 9.59 Å². The van der Waals surface area contributed by atoms with Gasteiger partial charge in [-0.2, -0.15) is 0 Å². The van der Waals surface area contributed by atoms with Crippen LogP contribution in [0.15, 0.2) is 0 Å². The third-order valence-electron chi connectivity index (χ3n) is 3.82. The first-order valence-corrected chi connectivity index (χ1v) is 6.25. The lowest BCUT2D eigenvalue weighted by Crippen LogP contribution is -2.46. The van der Waals surface area contributed by atoms with Crippen molar-refractivity contribution in [3.05, 3.63) is 0 Å². The standard InChI is InChI=1S/C12H20N2O3/c1-12(4-5-13-7-12)11(17)14-9(6-10(15)16)8-2-3-8/h8-9,13H,2-7H2,1H3,(H,14,17)(H,15,16). The number of nitrogens with one attached hydrogen (secondary N) is 2. The summed E-state index contributed by atoms with van der Waals surface area (Å²) in [5, 5.41) is 14.9. The van der Waals surface area contributed by atoms with Gasteiger partial charge in [0.15, 0.2) is 0 Å². The van der Waals surface area contributed by atoms with Gasteiger partial charge >= 0.3 is 5.97 Å². The van der Waals surface area contributed by atoms with Crippen LogP contribution in [0.3, 0.4) is 0 Å². The quantitative estimate of drug-likeness (QED) is 0.648. The molecular weight excluding hydrogens is 220 g/mol. The summed E-state index contributed by atoms with van der Waals surface area (Å²) in [6.07, 6.45) is 2.93. The number of aliphatic carboxylic acids is 1. The van der Waals surface area contributed by atoms with Gasteiger partial charge in [0.2, 0.25) is 5.91 Å². The monoisotopic (exact) mass is 240 g/mol. The van der Waals surface area contributed by atoms with E-state index >= 15 is 0 Å². The highest BCUT2D eigenvalue weighted by molar-refractivity contribution is 5.83. The normalized spacial score (nSPS) is 29.9. The summed E-state index contributed by atoms with van der Waals surface area (Å²) >= 11 is 0. The molecule has 1 amide bonds. The molecule has 2 atom stereocenters. The van der Waals surface area contributed by atoms with Crippen molar-refractivity contribution in [3.8, 4) is 0 Å². The minimum Gasteiger partial charge on any atom is -0.481 e. The van der Waals surface area contributed by atoms with Crippen molar-refractivity contribution in [3.63, 3.8) is 0 Å². The summed E-state index contributed by atoms with van der Waals surface area (Å²) in [4.78, 5) is 22.9. The lowest BCUT2D eigenvalue weighted by Gasteiger charge is -2.25. The van der Waals surface area contributed by atoms with Gasteiger partial charge in [0, 0.05) is 12.6 Å². The summed E-state index contributed by atoms with van der Waals surface area (Å²) in [7, 11) is 0. The number of carboxylic acids is 1. The van der Waals surface area contributed by atoms with Crippen LogP contribution in [0, 0.1) is 11.3 Å². The van der Waals surface area contributed by atoms with Crippen molar-refractivity contribution in [1.82, 2.24) is 10.6 Å². The molecule has 1 aliphatic heterocycles. The van der Waals surface area contributed by atoms with E-state index in [0.29, 0.717) is 12.5 Å². The van der Waals surface area contributed by atoms with Gasteiger partial charge in [0.25, 0.3) is 0 Å². The minimum atomic E-state index is -0.836. The van der Waals surface area contributed by atoms with Crippen LogP contribution in [0.5, 0.6) is 0 Å². The molecule has 17 heavy (non-hydrogen) atoms. The molecule has 0 bridgehead atoms. The van der Waals surface area contributed by atoms with Crippen molar-refractivity contribution in [1.29, 1.82) is 0 Å². The first-order valence-electron chi connectivity index (χ1n) is 6.25. The summed E-state index contributed by atoms with van der Waals surface area (Å²) < 4.78 is 0. The fourth-order valence-electron chi connectivity index (χ4n) is 2.38. The molecule has 2 unspecified atom stereocenters. The smallest absolute Gasteiger partial charge is 0.305 e. The number of rotatable bonds is 5. The Labute approximate surface area is 101 Å². The Kier molecular flexibility index (Phi) is 3.38. The second-order valence-corrected chi connectivity index (χ2v) is 5.50. The molecule has 1 saturated carbocycles. The zero-order valence-corrected chi connectivity index (χ0v) is 10.2. The average Bonchev–Trinajstić information content (AvgIpc) is 3.00. The van der Waals surface area contributed by atoms with Crippen LogP contribution in [0.25, 0.3) is 0 Å². The van der Waals surface area contributed by atoms with Gasteiger partial charge in [-0.25, -0.2) is 0 Å². The van der Waals surface area contributed by atoms with Crippen molar-refractivity contribution < 1.29 is 14.7 Å². The van der Waals surface area contributed by atoms with Gasteiger partial charge < -0.3 is 15.7 Å². The fraction of sp³-hybridized carbons (Fsp3) is 0.833. The Morgan fingerprint density at radius 3 is 2.71 bits per heavy atom. The average molecular weight is 240 g/mol. The molecule has 0 aromatic carbocycles. The SMILES string of the molecule is CC1(C(=O)NC(CC(=O)O)C2CC2)CCNC1. The number of hydrogen-bond donors (Lipinski definition) is 3. The number of amides is 1. The van der Waals surface area contributed by atoms with Crippen molar-refractivity contribution >= 4 is 11.9 Å². The summed E-state index contributed by atoms with van der Waals surface area (Å²) in [5.74, 6) is -0.467. The zero-order chi connectivity index (χ0) is 12.5. The first kappa shape index (κ1) is 12.4. The molecule has 0 spiro atoms. The van der Waals surface area contributed by atoms with Gasteiger partial charge in [-0.15, -0.1) is 0 Å². The van der Waals surface area contributed by atoms with Crippen LogP contribution in [-0.4, -0.2) is 36.1 Å². The highest BCUT2D eigenvalue weighted by Gasteiger charge is 2.40. The molecular formula is C12H20N2O3. The van der Waals surface area contributed by atoms with Gasteiger partial charge in [-0.1, -0.05) is 0 Å². The highest BCUT2D eigenvalue weighted by Crippen LogP contribution is 2.35. The second-order valence-electron chi connectivity index (χ2n) is 5.50. The van der Waals surface area contributed by atoms with Crippen LogP contribution in [0.4, 0.5) is 0 Å². The molecule has 1 heterocycles. The van der Waals surface area contributed by atoms with Crippen LogP contribution in [0.2, 0.25) is 0 Å². The molecule has 2 rings (SSSR count). The second kappa shape index (κ2) is 4.64. The van der Waals surface area contributed by atoms with Gasteiger partial charge in [0.1, 0.15) is 0 Å². The van der Waals surface area contributed by atoms with E-state index in [9.17, 15) is 9.59 Å². The molecule has 1 aliphatic carbocycles. The predicted molar refractivity (Wildman–Crippen MR) is 62.5 cm³/mol. The van der Waals surface area contributed by atoms with Gasteiger partial charge in [-0.05, 0) is 38.6 Å². The molecule has 3 N–H and O–H groups in total. The van der Waals surface area contributed by atoms with E-state index < -0.39 is 5.97 Å². The van der Waals surface area contributed by atoms with E-state index in [1.807, 2.05) is 6.92 Å². The Morgan fingerprint density at radius 1 is 1.53 bits per heavy atom. The van der Waals surface area contributed by atoms with E-state index in [2.05, 4.69) is 10.6 Å². The first-order chi connectivity index (χ1) is 8.01. The third kappa shape index (κ3) is 2.97. The highest BCUT2D eigenvalue weighted by atomic mass is 16.4. The summed E-state index contributed by atoms with van der Waals surface area (Å²) in [6, 6.07) is -0.183. The van der Waals surface area contributed by atoms with Crippen molar-refractivity contribution in [2.24, 2.45) is 11.3 Å². The lowest BCUT2D eigenvalue weighted by molar-refractivity contribution is -0.138. The predicted octanol–water partition coefficient (Wildman–Crippen LogP) is 0.355. The number of carbonyl (C=O) groups excluding carboxylic acids is 1. The Bertz CT molecular complexity index is 320. The van der Waals surface area contributed by atoms with Crippen LogP contribution in [0.1, 0.15) is 32.6 Å². The largest absolute Gasteiger partial charge is 0.481 e. The third-order valence-corrected chi connectivity index (χ3v) is 3.82. The maximum atomic E-state index is 12.1. The van der Waals surface area contributed by atoms with Crippen LogP contribution < -0.4 is 10.6 Å². The molecule has 96 valence electrons. The van der Waals surface area contributed by atoms with Crippen molar-refractivity contribution in [2.75, 3.05) is 13.1 Å². The van der Waals surface area contributed by atoms with Crippen LogP contribution >= 0.6 is 0 Å². The molecule has 5 heteroatoms. The summed E-state index contributed by atoms with van der Waals surface area (Å²) in [5.41, 5.74) is -0.369. The Balaban J connectivity index is 1.92. The Hall–Kier alpha value is -1.10. The fourth-order valence-corrected chi connectivity index (χ4v) is 2.38. The number of hydrogen-bond acceptors (Lipinski definition) is 3. The van der Waals surface area contributed by atoms with Crippen molar-refractivity contribution in [2.45, 2.75) is 38.6 Å². The topological polar surface area (TPSA) is 78.4 Å². The van der Waals surface area contributed by atoms with Gasteiger partial charge in [-0.3, -0.25) is 9.59 Å². The summed E-state index contributed by atoms with van der Waals surface area (Å²) in [6.45, 7) is 3.48. The molecule has 2 fully saturated rings. The number of carboxylic acid groups (broad SMARTS) is 1. The van der Waals surface area contributed by atoms with Gasteiger partial charge in [0.05, 0.1) is 11.8 Å². The molecule has 0 aromatic rings. The molecule has 1 saturated heterocycles. The van der Waals surface area contributed by atoms with E-state index in [1.54, 1.807) is 0 Å². The van der Waals surface area contributed by atoms with E-state index in [4.69, 9.17) is 5.11 Å². The minimum absolute atomic E-state index is 0.000602. The molecule has 0 radical (unpaired) electrons. The zero-order valence-electron chi connectivity index (χ0n) is 10.2. The van der Waals surface area contributed by atoms with E-state index in [0.717, 1.165) is 25.8 Å². The number of carbonyl (C=O) groups is 2.